The van der Waals surface area contributed by atoms with Crippen LogP contribution in [0.25, 0.3) is 0 Å². The maximum atomic E-state index is 11.7. The van der Waals surface area contributed by atoms with Crippen LogP contribution >= 0.6 is 0 Å². The van der Waals surface area contributed by atoms with E-state index in [1.165, 1.54) is 0 Å². The van der Waals surface area contributed by atoms with Crippen molar-refractivity contribution in [3.63, 3.8) is 0 Å². The predicted octanol–water partition coefficient (Wildman–Crippen LogP) is 2.26. The maximum Gasteiger partial charge on any atom is 0.258 e. The molecule has 0 fully saturated rings. The Morgan fingerprint density at radius 1 is 1.44 bits per heavy atom. The summed E-state index contributed by atoms with van der Waals surface area (Å²) in [6.07, 6.45) is 0.871. The molecule has 0 saturated carbocycles. The zero-order chi connectivity index (χ0) is 13.8. The van der Waals surface area contributed by atoms with Gasteiger partial charge in [0.25, 0.3) is 5.91 Å². The van der Waals surface area contributed by atoms with Gasteiger partial charge in [-0.1, -0.05) is 13.0 Å². The number of nitrogens with two attached hydrogens (primary N) is 1. The Morgan fingerprint density at radius 2 is 2.11 bits per heavy atom. The summed E-state index contributed by atoms with van der Waals surface area (Å²) in [6, 6.07) is 5.43. The molecule has 0 aliphatic carbocycles. The van der Waals surface area contributed by atoms with E-state index in [9.17, 15) is 4.79 Å². The van der Waals surface area contributed by atoms with Gasteiger partial charge in [0.2, 0.25) is 0 Å². The molecule has 0 radical (unpaired) electrons. The Hall–Kier alpha value is -1.71. The quantitative estimate of drug-likeness (QED) is 0.788. The number of nitrogens with one attached hydrogen (secondary N) is 1. The molecule has 100 valence electrons. The second-order valence-corrected chi connectivity index (χ2v) is 5.04. The van der Waals surface area contributed by atoms with Crippen LogP contribution in [-0.2, 0) is 4.79 Å². The number of benzene rings is 1. The minimum Gasteiger partial charge on any atom is -0.483 e. The number of hydrogen-bond donors (Lipinski definition) is 2. The van der Waals surface area contributed by atoms with Crippen LogP contribution in [0, 0.1) is 6.92 Å². The summed E-state index contributed by atoms with van der Waals surface area (Å²) in [4.78, 5) is 11.7. The molecule has 0 spiro atoms. The van der Waals surface area contributed by atoms with Crippen molar-refractivity contribution in [1.82, 2.24) is 5.32 Å². The van der Waals surface area contributed by atoms with Crippen molar-refractivity contribution in [2.24, 2.45) is 0 Å². The number of ether oxygens (including phenoxy) is 1. The largest absolute Gasteiger partial charge is 0.483 e. The normalized spacial score (nSPS) is 11.1. The molecule has 0 heterocycles. The van der Waals surface area contributed by atoms with Crippen molar-refractivity contribution >= 4 is 11.6 Å². The third-order valence-corrected chi connectivity index (χ3v) is 3.05. The fourth-order valence-electron chi connectivity index (χ4n) is 1.43. The average Bonchev–Trinajstić information content (AvgIpc) is 2.30. The lowest BCUT2D eigenvalue weighted by Crippen LogP contribution is -2.44. The summed E-state index contributed by atoms with van der Waals surface area (Å²) in [7, 11) is 0. The molecule has 0 unspecified atom stereocenters. The van der Waals surface area contributed by atoms with Crippen LogP contribution < -0.4 is 15.8 Å². The molecular formula is C14H22N2O2. The van der Waals surface area contributed by atoms with Gasteiger partial charge in [0, 0.05) is 16.8 Å². The van der Waals surface area contributed by atoms with Crippen LogP contribution in [0.2, 0.25) is 0 Å². The summed E-state index contributed by atoms with van der Waals surface area (Å²) >= 11 is 0. The third-order valence-electron chi connectivity index (χ3n) is 3.05. The van der Waals surface area contributed by atoms with Gasteiger partial charge < -0.3 is 15.8 Å². The molecule has 0 aliphatic rings. The Balaban J connectivity index is 2.56. The summed E-state index contributed by atoms with van der Waals surface area (Å²) in [6.45, 7) is 7.88. The SMILES string of the molecule is CCC(C)(C)NC(=O)COc1cccc(N)c1C. The van der Waals surface area contributed by atoms with Crippen molar-refractivity contribution in [2.75, 3.05) is 12.3 Å². The Kier molecular flexibility index (Phi) is 4.59. The molecule has 1 rings (SSSR count). The summed E-state index contributed by atoms with van der Waals surface area (Å²) < 4.78 is 5.48. The molecular weight excluding hydrogens is 228 g/mol. The average molecular weight is 250 g/mol. The molecule has 4 nitrogen and oxygen atoms in total. The molecule has 0 bridgehead atoms. The van der Waals surface area contributed by atoms with Crippen LogP contribution in [0.3, 0.4) is 0 Å². The highest BCUT2D eigenvalue weighted by atomic mass is 16.5. The smallest absolute Gasteiger partial charge is 0.258 e. The molecule has 0 aromatic heterocycles. The lowest BCUT2D eigenvalue weighted by molar-refractivity contribution is -0.124. The monoisotopic (exact) mass is 250 g/mol. The van der Waals surface area contributed by atoms with E-state index in [2.05, 4.69) is 5.32 Å². The first-order valence-electron chi connectivity index (χ1n) is 6.14. The topological polar surface area (TPSA) is 64.3 Å². The predicted molar refractivity (Wildman–Crippen MR) is 73.6 cm³/mol. The maximum absolute atomic E-state index is 11.7. The number of amides is 1. The van der Waals surface area contributed by atoms with E-state index in [1.54, 1.807) is 0 Å². The van der Waals surface area contributed by atoms with Crippen molar-refractivity contribution in [2.45, 2.75) is 39.7 Å². The second kappa shape index (κ2) is 5.76. The van der Waals surface area contributed by atoms with E-state index in [0.29, 0.717) is 11.4 Å². The highest BCUT2D eigenvalue weighted by Crippen LogP contribution is 2.22. The molecule has 0 aliphatic heterocycles. The summed E-state index contributed by atoms with van der Waals surface area (Å²) in [5, 5.41) is 2.92. The van der Waals surface area contributed by atoms with E-state index in [-0.39, 0.29) is 18.1 Å². The summed E-state index contributed by atoms with van der Waals surface area (Å²) in [5.41, 5.74) is 7.10. The van der Waals surface area contributed by atoms with Crippen molar-refractivity contribution in [1.29, 1.82) is 0 Å². The highest BCUT2D eigenvalue weighted by molar-refractivity contribution is 5.78. The number of carbonyl (C=O) groups excluding carboxylic acids is 1. The lowest BCUT2D eigenvalue weighted by atomic mass is 10.0. The van der Waals surface area contributed by atoms with Crippen molar-refractivity contribution < 1.29 is 9.53 Å². The van der Waals surface area contributed by atoms with Crippen LogP contribution in [0.15, 0.2) is 18.2 Å². The van der Waals surface area contributed by atoms with Crippen molar-refractivity contribution in [3.05, 3.63) is 23.8 Å². The van der Waals surface area contributed by atoms with Gasteiger partial charge in [-0.2, -0.15) is 0 Å². The van der Waals surface area contributed by atoms with Gasteiger partial charge >= 0.3 is 0 Å². The molecule has 1 aromatic carbocycles. The lowest BCUT2D eigenvalue weighted by Gasteiger charge is -2.24. The number of carbonyl (C=O) groups is 1. The fraction of sp³-hybridized carbons (Fsp3) is 0.500. The van der Waals surface area contributed by atoms with E-state index in [1.807, 2.05) is 45.9 Å². The van der Waals surface area contributed by atoms with Gasteiger partial charge in [-0.3, -0.25) is 4.79 Å². The zero-order valence-corrected chi connectivity index (χ0v) is 11.5. The number of rotatable bonds is 5. The standard InChI is InChI=1S/C14H22N2O2/c1-5-14(3,4)16-13(17)9-18-12-8-6-7-11(15)10(12)2/h6-8H,5,9,15H2,1-4H3,(H,16,17). The van der Waals surface area contributed by atoms with Gasteiger partial charge in [0.05, 0.1) is 0 Å². The highest BCUT2D eigenvalue weighted by Gasteiger charge is 2.18. The molecule has 1 aromatic rings. The first-order valence-corrected chi connectivity index (χ1v) is 6.14. The van der Waals surface area contributed by atoms with Gasteiger partial charge in [-0.05, 0) is 39.3 Å². The fourth-order valence-corrected chi connectivity index (χ4v) is 1.43. The zero-order valence-electron chi connectivity index (χ0n) is 11.5. The van der Waals surface area contributed by atoms with Crippen LogP contribution in [0.5, 0.6) is 5.75 Å². The first kappa shape index (κ1) is 14.4. The van der Waals surface area contributed by atoms with E-state index in [4.69, 9.17) is 10.5 Å². The Morgan fingerprint density at radius 3 is 2.72 bits per heavy atom. The number of nitrogen functional groups attached to an aromatic ring is 1. The minimum absolute atomic E-state index is 0.00766. The number of hydrogen-bond acceptors (Lipinski definition) is 3. The number of anilines is 1. The molecule has 4 heteroatoms. The van der Waals surface area contributed by atoms with Crippen molar-refractivity contribution in [3.8, 4) is 5.75 Å². The minimum atomic E-state index is -0.203. The first-order chi connectivity index (χ1) is 8.35. The summed E-state index contributed by atoms with van der Waals surface area (Å²) in [5.74, 6) is 0.531. The molecule has 0 saturated heterocycles. The molecule has 3 N–H and O–H groups in total. The van der Waals surface area contributed by atoms with Gasteiger partial charge in [0.15, 0.2) is 6.61 Å². The Bertz CT molecular complexity index is 428. The third kappa shape index (κ3) is 3.95. The molecule has 18 heavy (non-hydrogen) atoms. The van der Waals surface area contributed by atoms with Crippen LogP contribution in [0.4, 0.5) is 5.69 Å². The molecule has 1 amide bonds. The van der Waals surface area contributed by atoms with E-state index >= 15 is 0 Å². The van der Waals surface area contributed by atoms with Gasteiger partial charge in [0.1, 0.15) is 5.75 Å². The van der Waals surface area contributed by atoms with Crippen LogP contribution in [-0.4, -0.2) is 18.1 Å². The van der Waals surface area contributed by atoms with Gasteiger partial charge in [-0.15, -0.1) is 0 Å². The van der Waals surface area contributed by atoms with E-state index < -0.39 is 0 Å². The molecule has 0 atom stereocenters. The van der Waals surface area contributed by atoms with E-state index in [0.717, 1.165) is 12.0 Å². The van der Waals surface area contributed by atoms with Gasteiger partial charge in [-0.25, -0.2) is 0 Å². The second-order valence-electron chi connectivity index (χ2n) is 5.04. The van der Waals surface area contributed by atoms with Crippen LogP contribution in [0.1, 0.15) is 32.8 Å². The Labute approximate surface area is 109 Å².